The minimum atomic E-state index is 0.275. The van der Waals surface area contributed by atoms with Gasteiger partial charge in [-0.25, -0.2) is 0 Å². The maximum absolute atomic E-state index is 6.18. The Morgan fingerprint density at radius 2 is 2.25 bits per heavy atom. The van der Waals surface area contributed by atoms with Crippen molar-refractivity contribution in [3.63, 3.8) is 0 Å². The molecule has 1 unspecified atom stereocenters. The maximum atomic E-state index is 6.18. The fourth-order valence-corrected chi connectivity index (χ4v) is 2.00. The molecule has 1 rings (SSSR count). The third kappa shape index (κ3) is 3.20. The van der Waals surface area contributed by atoms with E-state index in [2.05, 4.69) is 36.3 Å². The Labute approximate surface area is 103 Å². The topological polar surface area (TPSA) is 33.1 Å². The van der Waals surface area contributed by atoms with E-state index in [0.717, 1.165) is 30.2 Å². The summed E-state index contributed by atoms with van der Waals surface area (Å²) in [5.41, 5.74) is 1.09. The first-order valence-corrected chi connectivity index (χ1v) is 6.01. The quantitative estimate of drug-likeness (QED) is 0.828. The molecular formula is C11H21ClN4. The summed E-state index contributed by atoms with van der Waals surface area (Å²) in [6.45, 7) is 3.97. The van der Waals surface area contributed by atoms with E-state index >= 15 is 0 Å². The summed E-state index contributed by atoms with van der Waals surface area (Å²) >= 11 is 6.18. The highest BCUT2D eigenvalue weighted by Gasteiger charge is 2.17. The molecule has 1 aromatic rings. The molecule has 16 heavy (non-hydrogen) atoms. The molecule has 0 saturated carbocycles. The number of likely N-dealkylation sites (N-methyl/N-ethyl adjacent to an activating group) is 1. The van der Waals surface area contributed by atoms with Crippen LogP contribution in [0.2, 0.25) is 5.02 Å². The molecule has 4 nitrogen and oxygen atoms in total. The van der Waals surface area contributed by atoms with Crippen molar-refractivity contribution in [2.24, 2.45) is 0 Å². The van der Waals surface area contributed by atoms with Gasteiger partial charge >= 0.3 is 0 Å². The molecule has 0 aromatic carbocycles. The molecule has 0 aliphatic rings. The molecule has 1 atom stereocenters. The van der Waals surface area contributed by atoms with Gasteiger partial charge in [-0.1, -0.05) is 18.5 Å². The van der Waals surface area contributed by atoms with Gasteiger partial charge in [-0.2, -0.15) is 5.10 Å². The van der Waals surface area contributed by atoms with Crippen molar-refractivity contribution in [2.45, 2.75) is 25.9 Å². The predicted molar refractivity (Wildman–Crippen MR) is 67.9 cm³/mol. The molecule has 0 spiro atoms. The molecule has 1 aromatic heterocycles. The Morgan fingerprint density at radius 3 is 2.75 bits per heavy atom. The standard InChI is InChI=1S/C11H21ClN4/c1-5-10(13-2)11-9(12)8-14-16(11)7-6-15(3)4/h8,10,13H,5-7H2,1-4H3. The monoisotopic (exact) mass is 244 g/mol. The van der Waals surface area contributed by atoms with Crippen LogP contribution < -0.4 is 5.32 Å². The normalized spacial score (nSPS) is 13.4. The average Bonchev–Trinajstić information content (AvgIpc) is 2.60. The fraction of sp³-hybridized carbons (Fsp3) is 0.727. The summed E-state index contributed by atoms with van der Waals surface area (Å²) in [6, 6.07) is 0.275. The van der Waals surface area contributed by atoms with E-state index in [0.29, 0.717) is 0 Å². The second kappa shape index (κ2) is 6.23. The lowest BCUT2D eigenvalue weighted by Crippen LogP contribution is -2.24. The molecule has 0 aliphatic heterocycles. The zero-order valence-electron chi connectivity index (χ0n) is 10.5. The maximum Gasteiger partial charge on any atom is 0.0834 e. The van der Waals surface area contributed by atoms with E-state index in [4.69, 9.17) is 11.6 Å². The van der Waals surface area contributed by atoms with E-state index in [9.17, 15) is 0 Å². The van der Waals surface area contributed by atoms with Crippen LogP contribution in [0.3, 0.4) is 0 Å². The van der Waals surface area contributed by atoms with Crippen LogP contribution in [0.4, 0.5) is 0 Å². The van der Waals surface area contributed by atoms with Crippen LogP contribution in [0.5, 0.6) is 0 Å². The molecule has 0 bridgehead atoms. The van der Waals surface area contributed by atoms with Gasteiger partial charge in [-0.3, -0.25) is 4.68 Å². The summed E-state index contributed by atoms with van der Waals surface area (Å²) in [5, 5.41) is 8.34. The van der Waals surface area contributed by atoms with Crippen LogP contribution in [0.25, 0.3) is 0 Å². The summed E-state index contributed by atoms with van der Waals surface area (Å²) in [4.78, 5) is 2.14. The van der Waals surface area contributed by atoms with Gasteiger partial charge in [-0.05, 0) is 27.6 Å². The SMILES string of the molecule is CCC(NC)c1c(Cl)cnn1CCN(C)C. The van der Waals surface area contributed by atoms with Gasteiger partial charge in [-0.15, -0.1) is 0 Å². The number of hydrogen-bond acceptors (Lipinski definition) is 3. The smallest absolute Gasteiger partial charge is 0.0834 e. The minimum absolute atomic E-state index is 0.275. The molecular weight excluding hydrogens is 224 g/mol. The van der Waals surface area contributed by atoms with Crippen molar-refractivity contribution in [1.29, 1.82) is 0 Å². The molecule has 5 heteroatoms. The van der Waals surface area contributed by atoms with Crippen molar-refractivity contribution in [2.75, 3.05) is 27.7 Å². The lowest BCUT2D eigenvalue weighted by atomic mass is 10.1. The van der Waals surface area contributed by atoms with Gasteiger partial charge in [0.05, 0.1) is 29.5 Å². The summed E-state index contributed by atoms with van der Waals surface area (Å²) < 4.78 is 1.99. The van der Waals surface area contributed by atoms with Gasteiger partial charge in [0.15, 0.2) is 0 Å². The zero-order chi connectivity index (χ0) is 12.1. The summed E-state index contributed by atoms with van der Waals surface area (Å²) in [7, 11) is 6.06. The van der Waals surface area contributed by atoms with Gasteiger partial charge in [0, 0.05) is 6.54 Å². The third-order valence-corrected chi connectivity index (χ3v) is 2.97. The number of nitrogens with zero attached hydrogens (tertiary/aromatic N) is 3. The van der Waals surface area contributed by atoms with Crippen LogP contribution >= 0.6 is 11.6 Å². The molecule has 1 N–H and O–H groups in total. The van der Waals surface area contributed by atoms with Crippen molar-refractivity contribution in [3.8, 4) is 0 Å². The highest BCUT2D eigenvalue weighted by atomic mass is 35.5. The zero-order valence-corrected chi connectivity index (χ0v) is 11.3. The largest absolute Gasteiger partial charge is 0.312 e. The predicted octanol–water partition coefficient (Wildman–Crippen LogP) is 1.77. The van der Waals surface area contributed by atoms with Crippen LogP contribution in [0.15, 0.2) is 6.20 Å². The number of aromatic nitrogens is 2. The van der Waals surface area contributed by atoms with Crippen LogP contribution in [0.1, 0.15) is 25.1 Å². The number of hydrogen-bond donors (Lipinski definition) is 1. The second-order valence-electron chi connectivity index (χ2n) is 4.15. The first-order valence-electron chi connectivity index (χ1n) is 5.63. The first-order chi connectivity index (χ1) is 7.60. The Bertz CT molecular complexity index is 318. The fourth-order valence-electron chi connectivity index (χ4n) is 1.73. The molecule has 0 fully saturated rings. The Balaban J connectivity index is 2.84. The molecule has 0 saturated heterocycles. The number of nitrogens with one attached hydrogen (secondary N) is 1. The van der Waals surface area contributed by atoms with Crippen LogP contribution in [-0.4, -0.2) is 42.4 Å². The first kappa shape index (κ1) is 13.5. The van der Waals surface area contributed by atoms with Crippen LogP contribution in [-0.2, 0) is 6.54 Å². The molecule has 0 radical (unpaired) electrons. The van der Waals surface area contributed by atoms with Crippen molar-refractivity contribution >= 4 is 11.6 Å². The molecule has 1 heterocycles. The van der Waals surface area contributed by atoms with E-state index in [1.807, 2.05) is 11.7 Å². The van der Waals surface area contributed by atoms with Crippen molar-refractivity contribution in [1.82, 2.24) is 20.0 Å². The van der Waals surface area contributed by atoms with Gasteiger partial charge < -0.3 is 10.2 Å². The highest BCUT2D eigenvalue weighted by Crippen LogP contribution is 2.24. The number of rotatable bonds is 6. The van der Waals surface area contributed by atoms with Crippen LogP contribution in [0, 0.1) is 0 Å². The summed E-state index contributed by atoms with van der Waals surface area (Å²) in [6.07, 6.45) is 2.73. The van der Waals surface area contributed by atoms with E-state index < -0.39 is 0 Å². The Kier molecular flexibility index (Phi) is 5.25. The van der Waals surface area contributed by atoms with E-state index in [1.54, 1.807) is 6.20 Å². The van der Waals surface area contributed by atoms with Gasteiger partial charge in [0.25, 0.3) is 0 Å². The van der Waals surface area contributed by atoms with Crippen molar-refractivity contribution in [3.05, 3.63) is 16.9 Å². The molecule has 92 valence electrons. The average molecular weight is 245 g/mol. The minimum Gasteiger partial charge on any atom is -0.312 e. The van der Waals surface area contributed by atoms with Gasteiger partial charge in [0.2, 0.25) is 0 Å². The summed E-state index contributed by atoms with van der Waals surface area (Å²) in [5.74, 6) is 0. The van der Waals surface area contributed by atoms with Crippen molar-refractivity contribution < 1.29 is 0 Å². The molecule has 0 aliphatic carbocycles. The van der Waals surface area contributed by atoms with E-state index in [-0.39, 0.29) is 6.04 Å². The second-order valence-corrected chi connectivity index (χ2v) is 4.56. The lowest BCUT2D eigenvalue weighted by Gasteiger charge is -2.18. The van der Waals surface area contributed by atoms with E-state index in [1.165, 1.54) is 0 Å². The lowest BCUT2D eigenvalue weighted by molar-refractivity contribution is 0.363. The number of halogens is 1. The van der Waals surface area contributed by atoms with Gasteiger partial charge in [0.1, 0.15) is 0 Å². The third-order valence-electron chi connectivity index (χ3n) is 2.68. The Hall–Kier alpha value is -0.580. The molecule has 0 amide bonds. The Morgan fingerprint density at radius 1 is 1.56 bits per heavy atom. The highest BCUT2D eigenvalue weighted by molar-refractivity contribution is 6.31.